The van der Waals surface area contributed by atoms with Gasteiger partial charge in [0.25, 0.3) is 0 Å². The number of hydrogen-bond acceptors (Lipinski definition) is 3. The molecule has 0 spiro atoms. The van der Waals surface area contributed by atoms with Crippen LogP contribution in [0.3, 0.4) is 0 Å². The Bertz CT molecular complexity index is 739. The molecule has 0 aliphatic carbocycles. The standard InChI is InChI=1S/C13H8ClFN2O/c14-8-2-4-12-11(6-8)17-13(18-12)7-1-3-10(16)9(15)5-7/h1-6H,16H2. The van der Waals surface area contributed by atoms with Crippen LogP contribution in [0.2, 0.25) is 5.02 Å². The molecule has 3 aromatic rings. The maximum absolute atomic E-state index is 13.4. The maximum atomic E-state index is 13.4. The van der Waals surface area contributed by atoms with Crippen LogP contribution in [-0.2, 0) is 0 Å². The third kappa shape index (κ3) is 1.80. The highest BCUT2D eigenvalue weighted by molar-refractivity contribution is 6.31. The van der Waals surface area contributed by atoms with Crippen molar-refractivity contribution in [2.75, 3.05) is 5.73 Å². The number of nitrogens with two attached hydrogens (primary N) is 1. The molecule has 0 saturated carbocycles. The molecule has 0 aliphatic rings. The molecule has 1 aromatic heterocycles. The van der Waals surface area contributed by atoms with E-state index < -0.39 is 5.82 Å². The smallest absolute Gasteiger partial charge is 0.227 e. The number of oxazole rings is 1. The van der Waals surface area contributed by atoms with Crippen molar-refractivity contribution >= 4 is 28.4 Å². The van der Waals surface area contributed by atoms with Gasteiger partial charge in [-0.2, -0.15) is 0 Å². The van der Waals surface area contributed by atoms with Gasteiger partial charge >= 0.3 is 0 Å². The lowest BCUT2D eigenvalue weighted by atomic mass is 10.2. The second kappa shape index (κ2) is 3.99. The van der Waals surface area contributed by atoms with Gasteiger partial charge in [-0.25, -0.2) is 9.37 Å². The number of benzene rings is 2. The maximum Gasteiger partial charge on any atom is 0.227 e. The first-order valence-corrected chi connectivity index (χ1v) is 5.63. The number of rotatable bonds is 1. The Hall–Kier alpha value is -2.07. The first-order valence-electron chi connectivity index (χ1n) is 5.25. The number of hydrogen-bond donors (Lipinski definition) is 1. The van der Waals surface area contributed by atoms with Crippen LogP contribution in [0.5, 0.6) is 0 Å². The minimum atomic E-state index is -0.493. The molecule has 1 heterocycles. The van der Waals surface area contributed by atoms with E-state index in [1.807, 2.05) is 0 Å². The summed E-state index contributed by atoms with van der Waals surface area (Å²) < 4.78 is 18.9. The van der Waals surface area contributed by atoms with E-state index in [2.05, 4.69) is 4.98 Å². The molecular formula is C13H8ClFN2O. The number of aromatic nitrogens is 1. The summed E-state index contributed by atoms with van der Waals surface area (Å²) in [7, 11) is 0. The molecule has 2 N–H and O–H groups in total. The molecule has 0 fully saturated rings. The van der Waals surface area contributed by atoms with Crippen molar-refractivity contribution in [2.24, 2.45) is 0 Å². The minimum Gasteiger partial charge on any atom is -0.436 e. The summed E-state index contributed by atoms with van der Waals surface area (Å²) >= 11 is 5.86. The van der Waals surface area contributed by atoms with E-state index in [1.54, 1.807) is 24.3 Å². The minimum absolute atomic E-state index is 0.0953. The lowest BCUT2D eigenvalue weighted by Crippen LogP contribution is -1.90. The van der Waals surface area contributed by atoms with Crippen LogP contribution in [0.1, 0.15) is 0 Å². The molecule has 0 atom stereocenters. The summed E-state index contributed by atoms with van der Waals surface area (Å²) in [5.41, 5.74) is 7.29. The van der Waals surface area contributed by atoms with E-state index in [1.165, 1.54) is 12.1 Å². The van der Waals surface area contributed by atoms with Crippen LogP contribution in [0, 0.1) is 5.82 Å². The fourth-order valence-corrected chi connectivity index (χ4v) is 1.85. The van der Waals surface area contributed by atoms with Gasteiger partial charge in [0.15, 0.2) is 5.58 Å². The zero-order valence-corrected chi connectivity index (χ0v) is 9.91. The summed E-state index contributed by atoms with van der Waals surface area (Å²) in [6, 6.07) is 9.56. The molecule has 0 saturated heterocycles. The van der Waals surface area contributed by atoms with Gasteiger partial charge in [0.2, 0.25) is 5.89 Å². The number of nitrogens with zero attached hydrogens (tertiary/aromatic N) is 1. The molecule has 0 aliphatic heterocycles. The summed E-state index contributed by atoms with van der Waals surface area (Å²) in [5, 5.41) is 0.575. The van der Waals surface area contributed by atoms with Gasteiger partial charge in [-0.1, -0.05) is 11.6 Å². The van der Waals surface area contributed by atoms with Crippen LogP contribution in [0.4, 0.5) is 10.1 Å². The molecule has 0 radical (unpaired) electrons. The second-order valence-corrected chi connectivity index (χ2v) is 4.30. The fourth-order valence-electron chi connectivity index (χ4n) is 1.68. The number of anilines is 1. The van der Waals surface area contributed by atoms with Crippen molar-refractivity contribution in [3.8, 4) is 11.5 Å². The van der Waals surface area contributed by atoms with Crippen LogP contribution in [0.25, 0.3) is 22.6 Å². The third-order valence-corrected chi connectivity index (χ3v) is 2.83. The van der Waals surface area contributed by atoms with Gasteiger partial charge in [0.1, 0.15) is 11.3 Å². The van der Waals surface area contributed by atoms with Crippen molar-refractivity contribution in [3.05, 3.63) is 47.2 Å². The summed E-state index contributed by atoms with van der Waals surface area (Å²) in [6.45, 7) is 0. The molecule has 3 nitrogen and oxygen atoms in total. The normalized spacial score (nSPS) is 11.0. The van der Waals surface area contributed by atoms with Crippen LogP contribution >= 0.6 is 11.6 Å². The number of halogens is 2. The van der Waals surface area contributed by atoms with E-state index in [-0.39, 0.29) is 5.69 Å². The highest BCUT2D eigenvalue weighted by Gasteiger charge is 2.10. The topological polar surface area (TPSA) is 52.0 Å². The number of fused-ring (bicyclic) bond motifs is 1. The van der Waals surface area contributed by atoms with Gasteiger partial charge in [0, 0.05) is 10.6 Å². The first-order chi connectivity index (χ1) is 8.63. The van der Waals surface area contributed by atoms with E-state index in [4.69, 9.17) is 21.8 Å². The molecular weight excluding hydrogens is 255 g/mol. The third-order valence-electron chi connectivity index (χ3n) is 2.60. The van der Waals surface area contributed by atoms with Gasteiger partial charge in [-0.3, -0.25) is 0 Å². The SMILES string of the molecule is Nc1ccc(-c2nc3cc(Cl)ccc3o2)cc1F. The Morgan fingerprint density at radius 3 is 2.78 bits per heavy atom. The average molecular weight is 263 g/mol. The van der Waals surface area contributed by atoms with Crippen molar-refractivity contribution in [1.82, 2.24) is 4.98 Å². The van der Waals surface area contributed by atoms with Crippen molar-refractivity contribution < 1.29 is 8.81 Å². The first kappa shape index (κ1) is 11.0. The van der Waals surface area contributed by atoms with Gasteiger partial charge in [-0.15, -0.1) is 0 Å². The van der Waals surface area contributed by atoms with Gasteiger partial charge in [0.05, 0.1) is 5.69 Å². The molecule has 0 amide bonds. The Labute approximate surface area is 107 Å². The van der Waals surface area contributed by atoms with E-state index in [0.29, 0.717) is 27.6 Å². The van der Waals surface area contributed by atoms with Crippen molar-refractivity contribution in [3.63, 3.8) is 0 Å². The van der Waals surface area contributed by atoms with Crippen molar-refractivity contribution in [2.45, 2.75) is 0 Å². The summed E-state index contributed by atoms with van der Waals surface area (Å²) in [6.07, 6.45) is 0. The highest BCUT2D eigenvalue weighted by atomic mass is 35.5. The van der Waals surface area contributed by atoms with Crippen LogP contribution in [0.15, 0.2) is 40.8 Å². The van der Waals surface area contributed by atoms with Crippen LogP contribution < -0.4 is 5.73 Å². The Morgan fingerprint density at radius 2 is 2.00 bits per heavy atom. The monoisotopic (exact) mass is 262 g/mol. The average Bonchev–Trinajstić information content (AvgIpc) is 2.75. The van der Waals surface area contributed by atoms with Crippen LogP contribution in [-0.4, -0.2) is 4.98 Å². The molecule has 0 bridgehead atoms. The highest BCUT2D eigenvalue weighted by Crippen LogP contribution is 2.27. The van der Waals surface area contributed by atoms with E-state index in [9.17, 15) is 4.39 Å². The molecule has 2 aromatic carbocycles. The zero-order chi connectivity index (χ0) is 12.7. The van der Waals surface area contributed by atoms with E-state index >= 15 is 0 Å². The summed E-state index contributed by atoms with van der Waals surface area (Å²) in [4.78, 5) is 4.26. The molecule has 18 heavy (non-hydrogen) atoms. The fraction of sp³-hybridized carbons (Fsp3) is 0. The Kier molecular flexibility index (Phi) is 2.45. The molecule has 0 unspecified atom stereocenters. The molecule has 90 valence electrons. The predicted molar refractivity (Wildman–Crippen MR) is 68.8 cm³/mol. The number of nitrogen functional groups attached to an aromatic ring is 1. The Morgan fingerprint density at radius 1 is 1.17 bits per heavy atom. The van der Waals surface area contributed by atoms with E-state index in [0.717, 1.165) is 0 Å². The quantitative estimate of drug-likeness (QED) is 0.677. The largest absolute Gasteiger partial charge is 0.436 e. The van der Waals surface area contributed by atoms with Crippen molar-refractivity contribution in [1.29, 1.82) is 0 Å². The summed E-state index contributed by atoms with van der Waals surface area (Å²) in [5.74, 6) is -0.154. The lowest BCUT2D eigenvalue weighted by molar-refractivity contribution is 0.613. The predicted octanol–water partition coefficient (Wildman–Crippen LogP) is 3.87. The van der Waals surface area contributed by atoms with Gasteiger partial charge in [-0.05, 0) is 36.4 Å². The van der Waals surface area contributed by atoms with Gasteiger partial charge < -0.3 is 10.2 Å². The Balaban J connectivity index is 2.16. The molecule has 5 heteroatoms. The molecule has 3 rings (SSSR count). The zero-order valence-electron chi connectivity index (χ0n) is 9.15. The lowest BCUT2D eigenvalue weighted by Gasteiger charge is -1.98. The second-order valence-electron chi connectivity index (χ2n) is 3.87.